The molecule has 0 aliphatic carbocycles. The Balaban J connectivity index is 1.81. The van der Waals surface area contributed by atoms with Gasteiger partial charge in [-0.25, -0.2) is 4.79 Å². The third kappa shape index (κ3) is 4.68. The van der Waals surface area contributed by atoms with Crippen LogP contribution in [0.5, 0.6) is 11.5 Å². The summed E-state index contributed by atoms with van der Waals surface area (Å²) in [5.41, 5.74) is 2.51. The average Bonchev–Trinajstić information content (AvgIpc) is 2.60. The fraction of sp³-hybridized carbons (Fsp3) is 0. The summed E-state index contributed by atoms with van der Waals surface area (Å²) in [6, 6.07) is 15.2. The summed E-state index contributed by atoms with van der Waals surface area (Å²) >= 11 is 0. The van der Waals surface area contributed by atoms with Gasteiger partial charge in [-0.2, -0.15) is 4.98 Å². The number of hydrogen-bond acceptors (Lipinski definition) is 4. The lowest BCUT2D eigenvalue weighted by molar-refractivity contribution is 0.474. The molecule has 5 heteroatoms. The molecule has 0 unspecified atom stereocenters. The molecule has 0 saturated carbocycles. The zero-order valence-electron chi connectivity index (χ0n) is 13.3. The quantitative estimate of drug-likeness (QED) is 0.682. The highest BCUT2D eigenvalue weighted by Crippen LogP contribution is 2.14. The van der Waals surface area contributed by atoms with Gasteiger partial charge in [0, 0.05) is 5.69 Å². The predicted molar refractivity (Wildman–Crippen MR) is 98.9 cm³/mol. The molecule has 0 saturated heterocycles. The molecule has 124 valence electrons. The summed E-state index contributed by atoms with van der Waals surface area (Å²) in [7, 11) is 0. The Morgan fingerprint density at radius 3 is 1.84 bits per heavy atom. The van der Waals surface area contributed by atoms with Crippen LogP contribution >= 0.6 is 0 Å². The van der Waals surface area contributed by atoms with E-state index in [0.717, 1.165) is 11.1 Å². The molecule has 0 amide bonds. The van der Waals surface area contributed by atoms with E-state index >= 15 is 0 Å². The van der Waals surface area contributed by atoms with Crippen molar-refractivity contribution < 1.29 is 10.2 Å². The molecule has 5 nitrogen and oxygen atoms in total. The fourth-order valence-corrected chi connectivity index (χ4v) is 2.21. The van der Waals surface area contributed by atoms with Crippen LogP contribution in [-0.2, 0) is 0 Å². The van der Waals surface area contributed by atoms with Crippen molar-refractivity contribution in [3.8, 4) is 11.5 Å². The lowest BCUT2D eigenvalue weighted by Crippen LogP contribution is -2.12. The van der Waals surface area contributed by atoms with E-state index in [1.54, 1.807) is 66.7 Å². The lowest BCUT2D eigenvalue weighted by Gasteiger charge is -1.98. The standard InChI is InChI=1S/C20H16N2O3/c23-18-9-3-14(4-10-18)1-7-16-13-17(22-20(25)21-16)8-2-15-5-11-19(24)12-6-15/h1-13,23-24H,(H,21,22,25)/b7-1+,8-2+. The summed E-state index contributed by atoms with van der Waals surface area (Å²) in [6.45, 7) is 0. The maximum Gasteiger partial charge on any atom is 0.345 e. The van der Waals surface area contributed by atoms with Gasteiger partial charge in [0.25, 0.3) is 0 Å². The summed E-state index contributed by atoms with van der Waals surface area (Å²) in [5.74, 6) is 0.407. The molecule has 2 aromatic carbocycles. The number of nitrogens with one attached hydrogen (secondary N) is 1. The van der Waals surface area contributed by atoms with Crippen molar-refractivity contribution in [2.45, 2.75) is 0 Å². The first-order valence-corrected chi connectivity index (χ1v) is 7.64. The average molecular weight is 332 g/mol. The smallest absolute Gasteiger partial charge is 0.345 e. The van der Waals surface area contributed by atoms with Crippen molar-refractivity contribution in [3.05, 3.63) is 87.6 Å². The molecule has 3 N–H and O–H groups in total. The van der Waals surface area contributed by atoms with E-state index in [1.165, 1.54) is 0 Å². The van der Waals surface area contributed by atoms with E-state index in [2.05, 4.69) is 9.97 Å². The molecule has 0 atom stereocenters. The number of H-pyrrole nitrogens is 1. The first kappa shape index (κ1) is 16.3. The van der Waals surface area contributed by atoms with Crippen LogP contribution in [0.25, 0.3) is 24.3 Å². The van der Waals surface area contributed by atoms with E-state index in [0.29, 0.717) is 11.4 Å². The van der Waals surface area contributed by atoms with Crippen LogP contribution in [0.4, 0.5) is 0 Å². The normalized spacial score (nSPS) is 11.4. The molecular weight excluding hydrogens is 316 g/mol. The van der Waals surface area contributed by atoms with Crippen LogP contribution in [0.2, 0.25) is 0 Å². The Bertz CT molecular complexity index is 892. The maximum absolute atomic E-state index is 11.7. The number of benzene rings is 2. The highest BCUT2D eigenvalue weighted by molar-refractivity contribution is 5.71. The second-order valence-electron chi connectivity index (χ2n) is 5.42. The summed E-state index contributed by atoms with van der Waals surface area (Å²) in [6.07, 6.45) is 7.15. The molecule has 0 aliphatic heterocycles. The first-order chi connectivity index (χ1) is 12.1. The predicted octanol–water partition coefficient (Wildman–Crippen LogP) is 3.52. The minimum atomic E-state index is -0.432. The van der Waals surface area contributed by atoms with E-state index in [-0.39, 0.29) is 11.5 Å². The van der Waals surface area contributed by atoms with E-state index in [4.69, 9.17) is 0 Å². The summed E-state index contributed by atoms with van der Waals surface area (Å²) in [4.78, 5) is 18.3. The van der Waals surface area contributed by atoms with Crippen molar-refractivity contribution in [3.63, 3.8) is 0 Å². The van der Waals surface area contributed by atoms with Gasteiger partial charge < -0.3 is 15.2 Å². The highest BCUT2D eigenvalue weighted by atomic mass is 16.3. The van der Waals surface area contributed by atoms with Gasteiger partial charge in [-0.05, 0) is 53.6 Å². The van der Waals surface area contributed by atoms with Crippen LogP contribution in [0.1, 0.15) is 22.5 Å². The fourth-order valence-electron chi connectivity index (χ4n) is 2.21. The molecule has 1 aromatic heterocycles. The van der Waals surface area contributed by atoms with Gasteiger partial charge in [-0.3, -0.25) is 0 Å². The van der Waals surface area contributed by atoms with E-state index in [9.17, 15) is 15.0 Å². The summed E-state index contributed by atoms with van der Waals surface area (Å²) in [5, 5.41) is 18.6. The molecule has 3 rings (SSSR count). The molecule has 0 bridgehead atoms. The second kappa shape index (κ2) is 7.31. The molecule has 0 radical (unpaired) electrons. The third-order valence-electron chi connectivity index (χ3n) is 3.47. The van der Waals surface area contributed by atoms with E-state index < -0.39 is 5.69 Å². The Labute approximate surface area is 144 Å². The van der Waals surface area contributed by atoms with Crippen molar-refractivity contribution in [1.82, 2.24) is 9.97 Å². The number of nitrogens with zero attached hydrogens (tertiary/aromatic N) is 1. The Hall–Kier alpha value is -3.60. The van der Waals surface area contributed by atoms with Crippen LogP contribution in [-0.4, -0.2) is 20.2 Å². The first-order valence-electron chi connectivity index (χ1n) is 7.64. The van der Waals surface area contributed by atoms with Crippen molar-refractivity contribution in [1.29, 1.82) is 0 Å². The van der Waals surface area contributed by atoms with Crippen molar-refractivity contribution >= 4 is 24.3 Å². The number of aromatic nitrogens is 2. The van der Waals surface area contributed by atoms with Gasteiger partial charge in [0.05, 0.1) is 5.69 Å². The molecule has 25 heavy (non-hydrogen) atoms. The highest BCUT2D eigenvalue weighted by Gasteiger charge is 1.97. The Morgan fingerprint density at radius 2 is 1.28 bits per heavy atom. The molecule has 3 aromatic rings. The number of phenols is 2. The van der Waals surface area contributed by atoms with Gasteiger partial charge in [-0.15, -0.1) is 0 Å². The van der Waals surface area contributed by atoms with Gasteiger partial charge in [-0.1, -0.05) is 36.4 Å². The minimum Gasteiger partial charge on any atom is -0.508 e. The second-order valence-corrected chi connectivity index (χ2v) is 5.42. The monoisotopic (exact) mass is 332 g/mol. The topological polar surface area (TPSA) is 86.2 Å². The number of hydrogen-bond donors (Lipinski definition) is 3. The van der Waals surface area contributed by atoms with Crippen molar-refractivity contribution in [2.24, 2.45) is 0 Å². The van der Waals surface area contributed by atoms with Crippen LogP contribution in [0.15, 0.2) is 59.4 Å². The third-order valence-corrected chi connectivity index (χ3v) is 3.47. The number of rotatable bonds is 4. The molecule has 0 fully saturated rings. The zero-order chi connectivity index (χ0) is 17.6. The Morgan fingerprint density at radius 1 is 0.760 bits per heavy atom. The zero-order valence-corrected chi connectivity index (χ0v) is 13.3. The Kier molecular flexibility index (Phi) is 4.76. The minimum absolute atomic E-state index is 0.202. The van der Waals surface area contributed by atoms with Gasteiger partial charge in [0.1, 0.15) is 11.5 Å². The summed E-state index contributed by atoms with van der Waals surface area (Å²) < 4.78 is 0. The van der Waals surface area contributed by atoms with Gasteiger partial charge in [0.15, 0.2) is 0 Å². The molecule has 0 aliphatic rings. The number of aromatic amines is 1. The van der Waals surface area contributed by atoms with Gasteiger partial charge in [0.2, 0.25) is 0 Å². The number of aromatic hydroxyl groups is 2. The molecule has 1 heterocycles. The maximum atomic E-state index is 11.7. The van der Waals surface area contributed by atoms with E-state index in [1.807, 2.05) is 12.2 Å². The van der Waals surface area contributed by atoms with Crippen LogP contribution < -0.4 is 5.69 Å². The lowest BCUT2D eigenvalue weighted by atomic mass is 10.1. The van der Waals surface area contributed by atoms with Crippen LogP contribution in [0.3, 0.4) is 0 Å². The number of phenolic OH excluding ortho intramolecular Hbond substituents is 2. The largest absolute Gasteiger partial charge is 0.508 e. The SMILES string of the molecule is O=c1nc(/C=C/c2ccc(O)cc2)cc(/C=C/c2ccc(O)cc2)[nH]1. The molecular formula is C20H16N2O3. The van der Waals surface area contributed by atoms with Crippen LogP contribution in [0, 0.1) is 0 Å². The van der Waals surface area contributed by atoms with Crippen molar-refractivity contribution in [2.75, 3.05) is 0 Å². The molecule has 0 spiro atoms. The van der Waals surface area contributed by atoms with Gasteiger partial charge >= 0.3 is 5.69 Å².